The van der Waals surface area contributed by atoms with Gasteiger partial charge in [0.05, 0.1) is 5.69 Å². The highest BCUT2D eigenvalue weighted by molar-refractivity contribution is 9.10. The van der Waals surface area contributed by atoms with E-state index in [2.05, 4.69) is 31.2 Å². The molecular formula is C17H12BrF3N4O2. The molecule has 3 aromatic rings. The van der Waals surface area contributed by atoms with Crippen molar-refractivity contribution in [3.05, 3.63) is 62.3 Å². The first-order valence-electron chi connectivity index (χ1n) is 8.09. The molecule has 0 bridgehead atoms. The molecule has 1 aliphatic carbocycles. The summed E-state index contributed by atoms with van der Waals surface area (Å²) in [6.07, 6.45) is -3.23. The van der Waals surface area contributed by atoms with E-state index in [1.54, 1.807) is 24.3 Å². The number of hydrogen-bond donors (Lipinski definition) is 0. The molecule has 6 nitrogen and oxygen atoms in total. The van der Waals surface area contributed by atoms with Crippen molar-refractivity contribution in [2.24, 2.45) is 0 Å². The first kappa shape index (κ1) is 17.9. The molecule has 0 saturated heterocycles. The van der Waals surface area contributed by atoms with Gasteiger partial charge in [-0.25, -0.2) is 4.68 Å². The maximum Gasteiger partial charge on any atom is 0.421 e. The summed E-state index contributed by atoms with van der Waals surface area (Å²) in [5.74, 6) is 0.169. The van der Waals surface area contributed by atoms with Gasteiger partial charge in [0, 0.05) is 16.0 Å². The molecule has 1 aromatic carbocycles. The Labute approximate surface area is 159 Å². The molecule has 2 heterocycles. The Hall–Kier alpha value is -2.49. The molecule has 10 heteroatoms. The van der Waals surface area contributed by atoms with Gasteiger partial charge in [-0.2, -0.15) is 18.3 Å². The molecule has 0 unspecified atom stereocenters. The number of aromatic nitrogens is 4. The predicted octanol–water partition coefficient (Wildman–Crippen LogP) is 4.00. The van der Waals surface area contributed by atoms with Gasteiger partial charge >= 0.3 is 6.18 Å². The molecule has 0 aliphatic heterocycles. The van der Waals surface area contributed by atoms with Crippen LogP contribution in [0.5, 0.6) is 0 Å². The minimum Gasteiger partial charge on any atom is -0.419 e. The largest absolute Gasteiger partial charge is 0.421 e. The van der Waals surface area contributed by atoms with Crippen LogP contribution in [0.2, 0.25) is 0 Å². The van der Waals surface area contributed by atoms with E-state index in [1.165, 1.54) is 0 Å². The highest BCUT2D eigenvalue weighted by Gasteiger charge is 2.37. The monoisotopic (exact) mass is 440 g/mol. The van der Waals surface area contributed by atoms with Gasteiger partial charge in [0.25, 0.3) is 5.56 Å². The van der Waals surface area contributed by atoms with Crippen LogP contribution in [-0.2, 0) is 12.7 Å². The molecule has 4 rings (SSSR count). The highest BCUT2D eigenvalue weighted by Crippen LogP contribution is 2.40. The zero-order valence-corrected chi connectivity index (χ0v) is 15.3. The fourth-order valence-corrected chi connectivity index (χ4v) is 2.87. The molecule has 0 spiro atoms. The topological polar surface area (TPSA) is 73.8 Å². The third-order valence-corrected chi connectivity index (χ3v) is 4.67. The number of benzene rings is 1. The summed E-state index contributed by atoms with van der Waals surface area (Å²) in [6.45, 7) is -0.327. The van der Waals surface area contributed by atoms with Gasteiger partial charge in [-0.05, 0) is 43.2 Å². The van der Waals surface area contributed by atoms with Crippen LogP contribution in [0.25, 0.3) is 11.5 Å². The van der Waals surface area contributed by atoms with E-state index < -0.39 is 17.3 Å². The highest BCUT2D eigenvalue weighted by atomic mass is 79.9. The molecular weight excluding hydrogens is 429 g/mol. The quantitative estimate of drug-likeness (QED) is 0.612. The van der Waals surface area contributed by atoms with Gasteiger partial charge < -0.3 is 4.42 Å². The summed E-state index contributed by atoms with van der Waals surface area (Å²) in [7, 11) is 0. The first-order chi connectivity index (χ1) is 12.8. The number of nitrogens with zero attached hydrogens (tertiary/aromatic N) is 4. The van der Waals surface area contributed by atoms with Crippen LogP contribution in [0, 0.1) is 0 Å². The van der Waals surface area contributed by atoms with Gasteiger partial charge in [0.1, 0.15) is 12.1 Å². The van der Waals surface area contributed by atoms with Crippen molar-refractivity contribution in [3.8, 4) is 11.5 Å². The minimum atomic E-state index is -4.75. The van der Waals surface area contributed by atoms with Crippen LogP contribution < -0.4 is 5.56 Å². The molecule has 0 N–H and O–H groups in total. The van der Waals surface area contributed by atoms with Gasteiger partial charge in [0.2, 0.25) is 11.8 Å². The maximum absolute atomic E-state index is 13.2. The molecule has 1 saturated carbocycles. The average molecular weight is 441 g/mol. The molecule has 0 amide bonds. The van der Waals surface area contributed by atoms with E-state index in [0.717, 1.165) is 28.1 Å². The maximum atomic E-state index is 13.2. The lowest BCUT2D eigenvalue weighted by Gasteiger charge is -2.11. The molecule has 1 fully saturated rings. The molecule has 0 atom stereocenters. The lowest BCUT2D eigenvalue weighted by molar-refractivity contribution is -0.139. The van der Waals surface area contributed by atoms with Crippen LogP contribution in [0.4, 0.5) is 13.2 Å². The Morgan fingerprint density at radius 2 is 1.89 bits per heavy atom. The van der Waals surface area contributed by atoms with Gasteiger partial charge in [-0.15, -0.1) is 10.2 Å². The number of halogens is 4. The fraction of sp³-hybridized carbons (Fsp3) is 0.294. The van der Waals surface area contributed by atoms with Crippen molar-refractivity contribution in [1.82, 2.24) is 20.0 Å². The molecule has 2 aromatic heterocycles. The van der Waals surface area contributed by atoms with Crippen molar-refractivity contribution in [1.29, 1.82) is 0 Å². The van der Waals surface area contributed by atoms with Crippen molar-refractivity contribution in [2.75, 3.05) is 0 Å². The second-order valence-electron chi connectivity index (χ2n) is 6.23. The van der Waals surface area contributed by atoms with Crippen molar-refractivity contribution < 1.29 is 17.6 Å². The Balaban J connectivity index is 1.67. The number of rotatable bonds is 4. The Kier molecular flexibility index (Phi) is 4.37. The van der Waals surface area contributed by atoms with Crippen LogP contribution in [0.15, 0.2) is 44.0 Å². The smallest absolute Gasteiger partial charge is 0.419 e. The standard InChI is InChI=1S/C17H12BrF3N4O2/c18-11-5-3-10(4-6-11)15-23-22-14(27-15)8-25-16(26)12(17(19,20)21)7-13(24-25)9-1-2-9/h3-7,9H,1-2,8H2. The van der Waals surface area contributed by atoms with E-state index in [4.69, 9.17) is 4.42 Å². The summed E-state index contributed by atoms with van der Waals surface area (Å²) in [6, 6.07) is 7.93. The SMILES string of the molecule is O=c1c(C(F)(F)F)cc(C2CC2)nn1Cc1nnc(-c2ccc(Br)cc2)o1. The van der Waals surface area contributed by atoms with Crippen LogP contribution in [-0.4, -0.2) is 20.0 Å². The van der Waals surface area contributed by atoms with Crippen LogP contribution in [0.3, 0.4) is 0 Å². The average Bonchev–Trinajstić information content (AvgIpc) is 3.36. The number of alkyl halides is 3. The fourth-order valence-electron chi connectivity index (χ4n) is 2.61. The van der Waals surface area contributed by atoms with Crippen molar-refractivity contribution >= 4 is 15.9 Å². The Morgan fingerprint density at radius 3 is 2.52 bits per heavy atom. The van der Waals surface area contributed by atoms with Gasteiger partial charge in [-0.1, -0.05) is 15.9 Å². The van der Waals surface area contributed by atoms with E-state index in [0.29, 0.717) is 5.56 Å². The van der Waals surface area contributed by atoms with Crippen molar-refractivity contribution in [2.45, 2.75) is 31.5 Å². The predicted molar refractivity (Wildman–Crippen MR) is 92.0 cm³/mol. The normalized spacial score (nSPS) is 14.5. The van der Waals surface area contributed by atoms with E-state index in [1.807, 2.05) is 0 Å². The zero-order chi connectivity index (χ0) is 19.2. The molecule has 27 heavy (non-hydrogen) atoms. The number of hydrogen-bond acceptors (Lipinski definition) is 5. The Bertz CT molecular complexity index is 1040. The minimum absolute atomic E-state index is 0.00332. The summed E-state index contributed by atoms with van der Waals surface area (Å²) in [5, 5.41) is 11.8. The lowest BCUT2D eigenvalue weighted by Crippen LogP contribution is -2.31. The molecule has 0 radical (unpaired) electrons. The third kappa shape index (κ3) is 3.80. The summed E-state index contributed by atoms with van der Waals surface area (Å²) >= 11 is 3.32. The summed E-state index contributed by atoms with van der Waals surface area (Å²) in [4.78, 5) is 12.2. The lowest BCUT2D eigenvalue weighted by atomic mass is 10.2. The van der Waals surface area contributed by atoms with E-state index in [9.17, 15) is 18.0 Å². The van der Waals surface area contributed by atoms with Crippen LogP contribution >= 0.6 is 15.9 Å². The van der Waals surface area contributed by atoms with Crippen LogP contribution in [0.1, 0.15) is 35.9 Å². The van der Waals surface area contributed by atoms with Gasteiger partial charge in [-0.3, -0.25) is 4.79 Å². The summed E-state index contributed by atoms with van der Waals surface area (Å²) < 4.78 is 46.7. The van der Waals surface area contributed by atoms with Crippen molar-refractivity contribution in [3.63, 3.8) is 0 Å². The van der Waals surface area contributed by atoms with Gasteiger partial charge in [0.15, 0.2) is 0 Å². The van der Waals surface area contributed by atoms with E-state index >= 15 is 0 Å². The second kappa shape index (κ2) is 6.59. The molecule has 140 valence electrons. The first-order valence-corrected chi connectivity index (χ1v) is 8.88. The molecule has 1 aliphatic rings. The second-order valence-corrected chi connectivity index (χ2v) is 7.14. The third-order valence-electron chi connectivity index (χ3n) is 4.14. The Morgan fingerprint density at radius 1 is 1.19 bits per heavy atom. The summed E-state index contributed by atoms with van der Waals surface area (Å²) in [5.41, 5.74) is -1.54. The van der Waals surface area contributed by atoms with E-state index in [-0.39, 0.29) is 29.9 Å². The zero-order valence-electron chi connectivity index (χ0n) is 13.7.